The monoisotopic (exact) mass is 465 g/mol. The summed E-state index contributed by atoms with van der Waals surface area (Å²) in [6.07, 6.45) is -5.37. The first-order chi connectivity index (χ1) is 15.3. The lowest BCUT2D eigenvalue weighted by Crippen LogP contribution is -2.56. The normalized spacial score (nSPS) is 21.5. The summed E-state index contributed by atoms with van der Waals surface area (Å²) < 4.78 is 45.0. The number of carbonyl (C=O) groups excluding carboxylic acids is 1. The molecule has 0 radical (unpaired) electrons. The zero-order valence-corrected chi connectivity index (χ0v) is 18.7. The quantitative estimate of drug-likeness (QED) is 0.580. The van der Waals surface area contributed by atoms with Crippen LogP contribution in [0.2, 0.25) is 0 Å². The molecule has 1 atom stereocenters. The molecule has 3 aliphatic rings. The topological polar surface area (TPSA) is 108 Å². The summed E-state index contributed by atoms with van der Waals surface area (Å²) in [5.41, 5.74) is 9.10. The van der Waals surface area contributed by atoms with E-state index < -0.39 is 29.7 Å². The Bertz CT molecular complexity index is 1070. The second-order valence-electron chi connectivity index (χ2n) is 9.09. The van der Waals surface area contributed by atoms with Gasteiger partial charge in [0.1, 0.15) is 17.3 Å². The van der Waals surface area contributed by atoms with E-state index in [2.05, 4.69) is 20.8 Å². The number of amides is 1. The Kier molecular flexibility index (Phi) is 5.41. The van der Waals surface area contributed by atoms with E-state index >= 15 is 0 Å². The molecular formula is C21H26F3N7O2. The van der Waals surface area contributed by atoms with E-state index in [9.17, 15) is 18.0 Å². The highest BCUT2D eigenvalue weighted by Gasteiger charge is 2.42. The van der Waals surface area contributed by atoms with E-state index in [1.165, 1.54) is 6.07 Å². The lowest BCUT2D eigenvalue weighted by atomic mass is 10.1. The first kappa shape index (κ1) is 22.7. The van der Waals surface area contributed by atoms with Crippen molar-refractivity contribution in [3.05, 3.63) is 40.6 Å². The van der Waals surface area contributed by atoms with Gasteiger partial charge in [0.15, 0.2) is 6.29 Å². The Balaban J connectivity index is 1.61. The van der Waals surface area contributed by atoms with Gasteiger partial charge >= 0.3 is 12.3 Å². The third-order valence-electron chi connectivity index (χ3n) is 5.26. The standard InChI is InChI=1S/C21H26F3N7O2/c1-11-28-29-18-27-17(26-8-12-5-13(21(22,23)24)7-14(25)6-12)15-9-30(10-16(15)31(11)18)19(32)33-20(2,3)4/h5-7,18,29H,8-10,25H2,1-4H3,(H,26,27). The molecule has 0 saturated heterocycles. The van der Waals surface area contributed by atoms with Crippen molar-refractivity contribution in [1.82, 2.24) is 20.5 Å². The highest BCUT2D eigenvalue weighted by atomic mass is 19.4. The summed E-state index contributed by atoms with van der Waals surface area (Å²) in [5, 5.41) is 7.45. The molecule has 12 heteroatoms. The molecule has 0 bridgehead atoms. The van der Waals surface area contributed by atoms with Gasteiger partial charge in [-0.2, -0.15) is 18.3 Å². The fourth-order valence-electron chi connectivity index (χ4n) is 3.91. The smallest absolute Gasteiger partial charge is 0.416 e. The summed E-state index contributed by atoms with van der Waals surface area (Å²) in [7, 11) is 0. The number of anilines is 1. The number of nitrogens with two attached hydrogens (primary N) is 1. The average Bonchev–Trinajstić information content (AvgIpc) is 3.27. The maximum atomic E-state index is 13.2. The highest BCUT2D eigenvalue weighted by molar-refractivity contribution is 6.03. The van der Waals surface area contributed by atoms with Crippen molar-refractivity contribution in [2.75, 3.05) is 18.8 Å². The Morgan fingerprint density at radius 3 is 2.67 bits per heavy atom. The molecule has 1 aromatic rings. The molecule has 178 valence electrons. The molecule has 1 unspecified atom stereocenters. The second-order valence-corrected chi connectivity index (χ2v) is 9.09. The molecule has 9 nitrogen and oxygen atoms in total. The number of benzene rings is 1. The van der Waals surface area contributed by atoms with E-state index in [1.807, 2.05) is 11.8 Å². The minimum absolute atomic E-state index is 0.0150. The molecule has 0 fully saturated rings. The number of nitrogens with zero attached hydrogens (tertiary/aromatic N) is 4. The van der Waals surface area contributed by atoms with Crippen molar-refractivity contribution < 1.29 is 22.7 Å². The van der Waals surface area contributed by atoms with Gasteiger partial charge in [-0.05, 0) is 51.5 Å². The summed E-state index contributed by atoms with van der Waals surface area (Å²) >= 11 is 0. The predicted molar refractivity (Wildman–Crippen MR) is 117 cm³/mol. The van der Waals surface area contributed by atoms with Crippen LogP contribution >= 0.6 is 0 Å². The zero-order valence-electron chi connectivity index (χ0n) is 18.7. The number of alkyl halides is 3. The number of nitrogen functional groups attached to an aromatic ring is 1. The van der Waals surface area contributed by atoms with Gasteiger partial charge < -0.3 is 15.8 Å². The van der Waals surface area contributed by atoms with E-state index in [1.54, 1.807) is 25.7 Å². The molecular weight excluding hydrogens is 439 g/mol. The number of nitrogens with one attached hydrogen (secondary N) is 2. The number of rotatable bonds is 2. The van der Waals surface area contributed by atoms with Crippen molar-refractivity contribution in [3.8, 4) is 0 Å². The zero-order chi connectivity index (χ0) is 24.1. The van der Waals surface area contributed by atoms with Crippen LogP contribution in [-0.2, 0) is 17.5 Å². The summed E-state index contributed by atoms with van der Waals surface area (Å²) in [4.78, 5) is 20.7. The first-order valence-electron chi connectivity index (χ1n) is 10.4. The van der Waals surface area contributed by atoms with Crippen LogP contribution in [-0.4, -0.2) is 52.5 Å². The predicted octanol–water partition coefficient (Wildman–Crippen LogP) is 2.82. The molecule has 1 aromatic carbocycles. The SMILES string of the molecule is CC1=NNC2NC(=NCc3cc(N)cc(C(F)(F)F)c3)C3=C(CN(C(=O)OC(C)(C)C)C3)N12. The summed E-state index contributed by atoms with van der Waals surface area (Å²) in [5.74, 6) is 1.20. The van der Waals surface area contributed by atoms with E-state index in [4.69, 9.17) is 10.5 Å². The molecule has 0 aromatic heterocycles. The van der Waals surface area contributed by atoms with Gasteiger partial charge in [0.25, 0.3) is 0 Å². The summed E-state index contributed by atoms with van der Waals surface area (Å²) in [6, 6.07) is 3.40. The van der Waals surface area contributed by atoms with Crippen LogP contribution in [0.3, 0.4) is 0 Å². The van der Waals surface area contributed by atoms with Gasteiger partial charge in [0.05, 0.1) is 30.9 Å². The molecule has 3 aliphatic heterocycles. The molecule has 3 heterocycles. The molecule has 4 rings (SSSR count). The Labute approximate surface area is 189 Å². The van der Waals surface area contributed by atoms with Gasteiger partial charge in [0.2, 0.25) is 0 Å². The van der Waals surface area contributed by atoms with Crippen molar-refractivity contribution in [1.29, 1.82) is 0 Å². The molecule has 0 saturated carbocycles. The number of fused-ring (bicyclic) bond motifs is 2. The fraction of sp³-hybridized carbons (Fsp3) is 0.476. The van der Waals surface area contributed by atoms with Crippen molar-refractivity contribution in [2.24, 2.45) is 10.1 Å². The third-order valence-corrected chi connectivity index (χ3v) is 5.26. The van der Waals surface area contributed by atoms with Crippen LogP contribution in [0, 0.1) is 0 Å². The Hall–Kier alpha value is -3.44. The van der Waals surface area contributed by atoms with Crippen LogP contribution in [0.4, 0.5) is 23.7 Å². The lowest BCUT2D eigenvalue weighted by Gasteiger charge is -2.34. The number of aliphatic imine (C=N–C) groups is 1. The van der Waals surface area contributed by atoms with Crippen LogP contribution in [0.5, 0.6) is 0 Å². The van der Waals surface area contributed by atoms with Gasteiger partial charge in [-0.1, -0.05) is 0 Å². The van der Waals surface area contributed by atoms with Gasteiger partial charge in [0, 0.05) is 11.3 Å². The fourth-order valence-corrected chi connectivity index (χ4v) is 3.91. The number of amidine groups is 2. The van der Waals surface area contributed by atoms with Crippen LogP contribution in [0.25, 0.3) is 0 Å². The van der Waals surface area contributed by atoms with Crippen molar-refractivity contribution in [2.45, 2.75) is 52.3 Å². The molecule has 1 amide bonds. The molecule has 0 aliphatic carbocycles. The van der Waals surface area contributed by atoms with Crippen LogP contribution < -0.4 is 16.5 Å². The van der Waals surface area contributed by atoms with Crippen LogP contribution in [0.15, 0.2) is 39.6 Å². The Morgan fingerprint density at radius 2 is 2.00 bits per heavy atom. The van der Waals surface area contributed by atoms with Gasteiger partial charge in [-0.25, -0.2) is 4.79 Å². The number of carbonyl (C=O) groups is 1. The lowest BCUT2D eigenvalue weighted by molar-refractivity contribution is -0.137. The van der Waals surface area contributed by atoms with Crippen LogP contribution in [0.1, 0.15) is 38.8 Å². The van der Waals surface area contributed by atoms with E-state index in [0.717, 1.165) is 29.2 Å². The molecule has 33 heavy (non-hydrogen) atoms. The largest absolute Gasteiger partial charge is 0.444 e. The van der Waals surface area contributed by atoms with E-state index in [-0.39, 0.29) is 18.8 Å². The number of hydrazone groups is 1. The van der Waals surface area contributed by atoms with Crippen molar-refractivity contribution in [3.63, 3.8) is 0 Å². The number of hydrogen-bond donors (Lipinski definition) is 3. The first-order valence-corrected chi connectivity index (χ1v) is 10.4. The van der Waals surface area contributed by atoms with Gasteiger partial charge in [-0.3, -0.25) is 20.2 Å². The van der Waals surface area contributed by atoms with E-state index in [0.29, 0.717) is 17.9 Å². The third kappa shape index (κ3) is 4.69. The maximum Gasteiger partial charge on any atom is 0.416 e. The maximum absolute atomic E-state index is 13.2. The average molecular weight is 465 g/mol. The van der Waals surface area contributed by atoms with Crippen molar-refractivity contribution >= 4 is 23.5 Å². The molecule has 4 N–H and O–H groups in total. The second kappa shape index (κ2) is 7.85. The number of ether oxygens (including phenoxy) is 1. The highest BCUT2D eigenvalue weighted by Crippen LogP contribution is 2.32. The minimum atomic E-state index is -4.50. The summed E-state index contributed by atoms with van der Waals surface area (Å²) in [6.45, 7) is 7.74. The minimum Gasteiger partial charge on any atom is -0.444 e. The number of hydrogen-bond acceptors (Lipinski definition) is 7. The van der Waals surface area contributed by atoms with Gasteiger partial charge in [-0.15, -0.1) is 0 Å². The number of halogens is 3. The Morgan fingerprint density at radius 1 is 1.27 bits per heavy atom. The molecule has 0 spiro atoms.